The number of nitro groups is 1. The molecule has 26 heavy (non-hydrogen) atoms. The molecule has 138 valence electrons. The summed E-state index contributed by atoms with van der Waals surface area (Å²) in [5, 5.41) is 10.9. The molecule has 2 aromatic rings. The van der Waals surface area contributed by atoms with Gasteiger partial charge in [0, 0.05) is 12.1 Å². The van der Waals surface area contributed by atoms with E-state index in [9.17, 15) is 10.1 Å². The normalized spacial score (nSPS) is 12.5. The Morgan fingerprint density at radius 1 is 0.923 bits per heavy atom. The van der Waals surface area contributed by atoms with Crippen LogP contribution in [0, 0.1) is 10.1 Å². The van der Waals surface area contributed by atoms with Crippen LogP contribution < -0.4 is 0 Å². The zero-order valence-corrected chi connectivity index (χ0v) is 16.7. The zero-order valence-electron chi connectivity index (χ0n) is 16.7. The Balaban J connectivity index is 2.29. The lowest BCUT2D eigenvalue weighted by Gasteiger charge is -2.25. The van der Waals surface area contributed by atoms with Crippen molar-refractivity contribution in [2.24, 2.45) is 0 Å². The Bertz CT molecular complexity index is 789. The van der Waals surface area contributed by atoms with Gasteiger partial charge < -0.3 is 0 Å². The molecule has 0 radical (unpaired) electrons. The van der Waals surface area contributed by atoms with Crippen LogP contribution in [0.5, 0.6) is 0 Å². The minimum atomic E-state index is -0.352. The highest BCUT2D eigenvalue weighted by Crippen LogP contribution is 2.30. The van der Waals surface area contributed by atoms with Gasteiger partial charge in [-0.25, -0.2) is 0 Å². The van der Waals surface area contributed by atoms with Gasteiger partial charge in [-0.15, -0.1) is 0 Å². The Hall–Kier alpha value is -2.42. The van der Waals surface area contributed by atoms with E-state index in [2.05, 4.69) is 71.9 Å². The van der Waals surface area contributed by atoms with Crippen molar-refractivity contribution in [1.29, 1.82) is 0 Å². The van der Waals surface area contributed by atoms with Crippen LogP contribution in [-0.2, 0) is 17.3 Å². The van der Waals surface area contributed by atoms with E-state index in [0.717, 1.165) is 5.56 Å². The van der Waals surface area contributed by atoms with E-state index < -0.39 is 0 Å². The van der Waals surface area contributed by atoms with Gasteiger partial charge in [0.1, 0.15) is 0 Å². The lowest BCUT2D eigenvalue weighted by atomic mass is 9.79. The smallest absolute Gasteiger partial charge is 0.258 e. The van der Waals surface area contributed by atoms with Crippen molar-refractivity contribution in [3.8, 4) is 0 Å². The molecule has 2 aromatic carbocycles. The molecular weight excluding hydrogens is 322 g/mol. The minimum Gasteiger partial charge on any atom is -0.258 e. The number of non-ortho nitro benzene ring substituents is 1. The lowest BCUT2D eigenvalue weighted by molar-refractivity contribution is -0.384. The summed E-state index contributed by atoms with van der Waals surface area (Å²) in [6, 6.07) is 13.6. The fourth-order valence-corrected chi connectivity index (χ4v) is 2.74. The van der Waals surface area contributed by atoms with Crippen molar-refractivity contribution in [3.63, 3.8) is 0 Å². The quantitative estimate of drug-likeness (QED) is 0.469. The minimum absolute atomic E-state index is 0.0872. The van der Waals surface area contributed by atoms with Crippen LogP contribution in [0.2, 0.25) is 0 Å². The van der Waals surface area contributed by atoms with Gasteiger partial charge in [0.15, 0.2) is 0 Å². The van der Waals surface area contributed by atoms with Gasteiger partial charge in [-0.1, -0.05) is 84.0 Å². The van der Waals surface area contributed by atoms with Gasteiger partial charge in [-0.2, -0.15) is 0 Å². The monoisotopic (exact) mass is 351 g/mol. The van der Waals surface area contributed by atoms with Crippen LogP contribution >= 0.6 is 0 Å². The summed E-state index contributed by atoms with van der Waals surface area (Å²) in [4.78, 5) is 10.5. The average molecular weight is 351 g/mol. The molecule has 0 unspecified atom stereocenters. The highest BCUT2D eigenvalue weighted by atomic mass is 16.6. The third-order valence-corrected chi connectivity index (χ3v) is 4.47. The molecular formula is C23H29NO2. The van der Waals surface area contributed by atoms with Crippen LogP contribution in [-0.4, -0.2) is 4.92 Å². The zero-order chi connectivity index (χ0) is 19.5. The molecule has 0 N–H and O–H groups in total. The maximum atomic E-state index is 10.9. The number of hydrogen-bond acceptors (Lipinski definition) is 2. The molecule has 3 nitrogen and oxygen atoms in total. The van der Waals surface area contributed by atoms with Crippen molar-refractivity contribution >= 4 is 11.8 Å². The van der Waals surface area contributed by atoms with Crippen LogP contribution in [0.25, 0.3) is 6.08 Å². The first kappa shape index (κ1) is 19.9. The van der Waals surface area contributed by atoms with Gasteiger partial charge >= 0.3 is 0 Å². The Kier molecular flexibility index (Phi) is 5.70. The third-order valence-electron chi connectivity index (χ3n) is 4.47. The maximum absolute atomic E-state index is 10.9. The molecule has 0 aliphatic carbocycles. The summed E-state index contributed by atoms with van der Waals surface area (Å²) in [7, 11) is 0. The summed E-state index contributed by atoms with van der Waals surface area (Å²) >= 11 is 0. The molecule has 0 aromatic heterocycles. The first-order chi connectivity index (χ1) is 12.0. The van der Waals surface area contributed by atoms with E-state index in [1.54, 1.807) is 12.1 Å². The fraction of sp³-hybridized carbons (Fsp3) is 0.391. The molecule has 0 saturated carbocycles. The number of nitrogens with zero attached hydrogens (tertiary/aromatic N) is 1. The molecule has 0 bridgehead atoms. The second kappa shape index (κ2) is 7.45. The van der Waals surface area contributed by atoms with E-state index in [1.165, 1.54) is 22.8 Å². The molecule has 0 fully saturated rings. The predicted octanol–water partition coefficient (Wildman–Crippen LogP) is 6.45. The number of rotatable bonds is 4. The van der Waals surface area contributed by atoms with Gasteiger partial charge in [0.05, 0.1) is 4.92 Å². The standard InChI is InChI=1S/C23H29NO2/c1-22(2,3)19-13-18(14-20(16-19)23(4,5)6)11-7-9-17-10-8-12-21(15-17)24(25)26/h7-8,10-16H,9H2,1-6H3/b11-7+. The van der Waals surface area contributed by atoms with E-state index in [0.29, 0.717) is 6.42 Å². The molecule has 0 amide bonds. The molecule has 3 heteroatoms. The van der Waals surface area contributed by atoms with E-state index in [4.69, 9.17) is 0 Å². The summed E-state index contributed by atoms with van der Waals surface area (Å²) in [5.74, 6) is 0. The average Bonchev–Trinajstić information content (AvgIpc) is 2.53. The lowest BCUT2D eigenvalue weighted by Crippen LogP contribution is -2.16. The third kappa shape index (κ3) is 5.29. The van der Waals surface area contributed by atoms with Crippen LogP contribution in [0.15, 0.2) is 48.5 Å². The molecule has 0 aliphatic heterocycles. The maximum Gasteiger partial charge on any atom is 0.269 e. The molecule has 2 rings (SSSR count). The largest absolute Gasteiger partial charge is 0.269 e. The Morgan fingerprint density at radius 2 is 1.50 bits per heavy atom. The van der Waals surface area contributed by atoms with Crippen LogP contribution in [0.4, 0.5) is 5.69 Å². The second-order valence-corrected chi connectivity index (χ2v) is 8.88. The highest BCUT2D eigenvalue weighted by Gasteiger charge is 2.19. The van der Waals surface area contributed by atoms with E-state index >= 15 is 0 Å². The van der Waals surface area contributed by atoms with Crippen LogP contribution in [0.1, 0.15) is 63.8 Å². The van der Waals surface area contributed by atoms with Gasteiger partial charge in [0.2, 0.25) is 0 Å². The molecule has 0 aliphatic rings. The van der Waals surface area contributed by atoms with E-state index in [1.807, 2.05) is 6.07 Å². The van der Waals surface area contributed by atoms with Crippen molar-refractivity contribution in [1.82, 2.24) is 0 Å². The Labute approximate surface area is 156 Å². The first-order valence-electron chi connectivity index (χ1n) is 9.03. The summed E-state index contributed by atoms with van der Waals surface area (Å²) in [6.07, 6.45) is 4.86. The summed E-state index contributed by atoms with van der Waals surface area (Å²) in [5.41, 5.74) is 5.07. The second-order valence-electron chi connectivity index (χ2n) is 8.88. The summed E-state index contributed by atoms with van der Waals surface area (Å²) in [6.45, 7) is 13.4. The fourth-order valence-electron chi connectivity index (χ4n) is 2.74. The molecule has 0 spiro atoms. The van der Waals surface area contributed by atoms with Crippen molar-refractivity contribution in [2.75, 3.05) is 0 Å². The number of nitro benzene ring substituents is 1. The summed E-state index contributed by atoms with van der Waals surface area (Å²) < 4.78 is 0. The molecule has 0 heterocycles. The highest BCUT2D eigenvalue weighted by molar-refractivity contribution is 5.54. The van der Waals surface area contributed by atoms with Gasteiger partial charge in [-0.05, 0) is 39.5 Å². The van der Waals surface area contributed by atoms with Crippen LogP contribution in [0.3, 0.4) is 0 Å². The van der Waals surface area contributed by atoms with Gasteiger partial charge in [-0.3, -0.25) is 10.1 Å². The number of benzene rings is 2. The van der Waals surface area contributed by atoms with Crippen molar-refractivity contribution in [2.45, 2.75) is 58.8 Å². The van der Waals surface area contributed by atoms with Crippen molar-refractivity contribution < 1.29 is 4.92 Å². The van der Waals surface area contributed by atoms with Crippen molar-refractivity contribution in [3.05, 3.63) is 80.9 Å². The number of allylic oxidation sites excluding steroid dienone is 1. The van der Waals surface area contributed by atoms with E-state index in [-0.39, 0.29) is 21.4 Å². The topological polar surface area (TPSA) is 43.1 Å². The SMILES string of the molecule is CC(C)(C)c1cc(/C=C/Cc2cccc([N+](=O)[O-])c2)cc(C(C)(C)C)c1. The van der Waals surface area contributed by atoms with Gasteiger partial charge in [0.25, 0.3) is 5.69 Å². The molecule has 0 atom stereocenters. The Morgan fingerprint density at radius 3 is 2.00 bits per heavy atom. The molecule has 0 saturated heterocycles. The first-order valence-corrected chi connectivity index (χ1v) is 9.03. The number of hydrogen-bond donors (Lipinski definition) is 0. The predicted molar refractivity (Wildman–Crippen MR) is 110 cm³/mol.